The monoisotopic (exact) mass is 532 g/mol. The van der Waals surface area contributed by atoms with Crippen molar-refractivity contribution in [2.75, 3.05) is 11.5 Å². The highest BCUT2D eigenvalue weighted by Gasteiger charge is 2.16. The highest BCUT2D eigenvalue weighted by Crippen LogP contribution is 2.34. The molecule has 0 aliphatic heterocycles. The van der Waals surface area contributed by atoms with E-state index in [0.717, 1.165) is 32.4 Å². The predicted octanol–water partition coefficient (Wildman–Crippen LogP) is 7.09. The van der Waals surface area contributed by atoms with Crippen LogP contribution < -0.4 is 0 Å². The number of nitrogens with zero attached hydrogens (tertiary/aromatic N) is 2. The summed E-state index contributed by atoms with van der Waals surface area (Å²) in [6.45, 7) is 0. The molecule has 0 saturated carbocycles. The Labute approximate surface area is 209 Å². The molecule has 0 aliphatic carbocycles. The van der Waals surface area contributed by atoms with Crippen molar-refractivity contribution in [3.63, 3.8) is 0 Å². The lowest BCUT2D eigenvalue weighted by molar-refractivity contribution is 0.683. The Bertz CT molecular complexity index is 1290. The van der Waals surface area contributed by atoms with Gasteiger partial charge in [-0.25, -0.2) is 4.98 Å². The first kappa shape index (κ1) is 23.4. The van der Waals surface area contributed by atoms with E-state index in [-0.39, 0.29) is 0 Å². The van der Waals surface area contributed by atoms with Gasteiger partial charge in [-0.3, -0.25) is 4.21 Å². The summed E-state index contributed by atoms with van der Waals surface area (Å²) >= 11 is 4.98. The molecule has 0 bridgehead atoms. The Morgan fingerprint density at radius 3 is 2.24 bits per heavy atom. The number of benzene rings is 3. The molecule has 0 radical (unpaired) electrons. The number of rotatable bonds is 8. The second-order valence-electron chi connectivity index (χ2n) is 7.34. The van der Waals surface area contributed by atoms with Crippen molar-refractivity contribution in [2.24, 2.45) is 0 Å². The molecule has 3 aromatic carbocycles. The van der Waals surface area contributed by atoms with Crippen LogP contribution in [0.1, 0.15) is 11.1 Å². The summed E-state index contributed by atoms with van der Waals surface area (Å²) in [6.07, 6.45) is 0. The Morgan fingerprint density at radius 1 is 0.909 bits per heavy atom. The van der Waals surface area contributed by atoms with Crippen molar-refractivity contribution in [2.45, 2.75) is 10.8 Å². The third-order valence-corrected chi connectivity index (χ3v) is 8.12. The number of halogens is 1. The number of nitriles is 1. The molecule has 0 amide bonds. The molecule has 1 heterocycles. The van der Waals surface area contributed by atoms with E-state index in [0.29, 0.717) is 27.8 Å². The van der Waals surface area contributed by atoms with E-state index < -0.39 is 10.8 Å². The van der Waals surface area contributed by atoms with Crippen LogP contribution in [-0.4, -0.2) is 20.7 Å². The minimum Gasteiger partial charge on any atom is -0.259 e. The average molecular weight is 534 g/mol. The Kier molecular flexibility index (Phi) is 8.11. The summed E-state index contributed by atoms with van der Waals surface area (Å²) in [5, 5.41) is 10.7. The molecule has 0 unspecified atom stereocenters. The van der Waals surface area contributed by atoms with Crippen molar-refractivity contribution in [3.05, 3.63) is 107 Å². The standard InChI is InChI=1S/C27H21BrN2OS2/c28-23-13-11-22(12-14-23)26-17-24(21-9-5-2-6-10-21)25(18-29)27(30-26)32-15-16-33(31)19-20-7-3-1-4-8-20/h1-14,17H,15-16,19H2/t33-/m0/s1. The first-order chi connectivity index (χ1) is 16.1. The van der Waals surface area contributed by atoms with Crippen LogP contribution in [0.3, 0.4) is 0 Å². The Morgan fingerprint density at radius 2 is 1.58 bits per heavy atom. The van der Waals surface area contributed by atoms with Crippen LogP contribution >= 0.6 is 27.7 Å². The zero-order valence-corrected chi connectivity index (χ0v) is 21.0. The second-order valence-corrected chi connectivity index (χ2v) is 10.9. The minimum absolute atomic E-state index is 0.536. The van der Waals surface area contributed by atoms with Gasteiger partial charge >= 0.3 is 0 Å². The maximum absolute atomic E-state index is 12.6. The van der Waals surface area contributed by atoms with Crippen LogP contribution in [-0.2, 0) is 16.6 Å². The molecule has 0 spiro atoms. The van der Waals surface area contributed by atoms with Crippen LogP contribution in [0.2, 0.25) is 0 Å². The van der Waals surface area contributed by atoms with Crippen molar-refractivity contribution in [3.8, 4) is 28.5 Å². The first-order valence-electron chi connectivity index (χ1n) is 10.4. The molecule has 164 valence electrons. The predicted molar refractivity (Wildman–Crippen MR) is 141 cm³/mol. The number of hydrogen-bond donors (Lipinski definition) is 0. The molecule has 1 aromatic heterocycles. The SMILES string of the molecule is N#Cc1c(-c2ccccc2)cc(-c2ccc(Br)cc2)nc1SCC[S@](=O)Cc1ccccc1. The van der Waals surface area contributed by atoms with Crippen LogP contribution in [0, 0.1) is 11.3 Å². The van der Waals surface area contributed by atoms with E-state index in [1.165, 1.54) is 11.8 Å². The van der Waals surface area contributed by atoms with E-state index in [9.17, 15) is 9.47 Å². The normalized spacial score (nSPS) is 11.6. The molecule has 0 aliphatic rings. The smallest absolute Gasteiger partial charge is 0.115 e. The fourth-order valence-corrected chi connectivity index (χ4v) is 6.12. The summed E-state index contributed by atoms with van der Waals surface area (Å²) in [5.74, 6) is 1.70. The van der Waals surface area contributed by atoms with Gasteiger partial charge in [-0.2, -0.15) is 5.26 Å². The molecular weight excluding hydrogens is 512 g/mol. The molecule has 4 aromatic rings. The average Bonchev–Trinajstić information content (AvgIpc) is 2.85. The Balaban J connectivity index is 1.61. The summed E-state index contributed by atoms with van der Waals surface area (Å²) in [6, 6.07) is 32.1. The largest absolute Gasteiger partial charge is 0.259 e. The summed E-state index contributed by atoms with van der Waals surface area (Å²) < 4.78 is 13.6. The van der Waals surface area contributed by atoms with E-state index >= 15 is 0 Å². The number of pyridine rings is 1. The molecule has 0 fully saturated rings. The molecule has 4 rings (SSSR count). The fourth-order valence-electron chi connectivity index (χ4n) is 3.41. The molecule has 0 saturated heterocycles. The van der Waals surface area contributed by atoms with Crippen LogP contribution in [0.15, 0.2) is 100 Å². The topological polar surface area (TPSA) is 53.8 Å². The van der Waals surface area contributed by atoms with Crippen molar-refractivity contribution >= 4 is 38.5 Å². The van der Waals surface area contributed by atoms with Crippen LogP contribution in [0.4, 0.5) is 0 Å². The first-order valence-corrected chi connectivity index (χ1v) is 13.7. The van der Waals surface area contributed by atoms with Gasteiger partial charge in [0.15, 0.2) is 0 Å². The van der Waals surface area contributed by atoms with E-state index in [2.05, 4.69) is 22.0 Å². The summed E-state index contributed by atoms with van der Waals surface area (Å²) in [5.41, 5.74) is 5.26. The second kappa shape index (κ2) is 11.4. The lowest BCUT2D eigenvalue weighted by Crippen LogP contribution is -2.04. The molecule has 33 heavy (non-hydrogen) atoms. The molecular formula is C27H21BrN2OS2. The summed E-state index contributed by atoms with van der Waals surface area (Å²) in [4.78, 5) is 4.84. The van der Waals surface area contributed by atoms with Gasteiger partial charge in [0.2, 0.25) is 0 Å². The van der Waals surface area contributed by atoms with Gasteiger partial charge in [-0.1, -0.05) is 88.7 Å². The van der Waals surface area contributed by atoms with Gasteiger partial charge < -0.3 is 0 Å². The van der Waals surface area contributed by atoms with Crippen molar-refractivity contribution in [1.82, 2.24) is 4.98 Å². The van der Waals surface area contributed by atoms with Crippen molar-refractivity contribution < 1.29 is 4.21 Å². The van der Waals surface area contributed by atoms with Gasteiger partial charge in [0.1, 0.15) is 11.1 Å². The van der Waals surface area contributed by atoms with Gasteiger partial charge in [0.05, 0.1) is 11.3 Å². The molecule has 6 heteroatoms. The number of aromatic nitrogens is 1. The maximum atomic E-state index is 12.6. The number of thioether (sulfide) groups is 1. The van der Waals surface area contributed by atoms with Crippen LogP contribution in [0.25, 0.3) is 22.4 Å². The van der Waals surface area contributed by atoms with Crippen LogP contribution in [0.5, 0.6) is 0 Å². The lowest BCUT2D eigenvalue weighted by Gasteiger charge is -2.13. The lowest BCUT2D eigenvalue weighted by atomic mass is 9.99. The number of hydrogen-bond acceptors (Lipinski definition) is 4. The zero-order chi connectivity index (χ0) is 23.0. The quantitative estimate of drug-likeness (QED) is 0.227. The zero-order valence-electron chi connectivity index (χ0n) is 17.8. The molecule has 0 N–H and O–H groups in total. The highest BCUT2D eigenvalue weighted by atomic mass is 79.9. The van der Waals surface area contributed by atoms with Gasteiger partial charge in [-0.15, -0.1) is 11.8 Å². The van der Waals surface area contributed by atoms with Gasteiger partial charge in [0, 0.05) is 43.7 Å². The summed E-state index contributed by atoms with van der Waals surface area (Å²) in [7, 11) is -0.975. The van der Waals surface area contributed by atoms with Crippen molar-refractivity contribution in [1.29, 1.82) is 5.26 Å². The van der Waals surface area contributed by atoms with Gasteiger partial charge in [0.25, 0.3) is 0 Å². The Hall–Kier alpha value is -2.72. The third kappa shape index (κ3) is 6.20. The minimum atomic E-state index is -0.975. The van der Waals surface area contributed by atoms with E-state index in [4.69, 9.17) is 4.98 Å². The highest BCUT2D eigenvalue weighted by molar-refractivity contribution is 9.10. The van der Waals surface area contributed by atoms with E-state index in [1.54, 1.807) is 0 Å². The molecule has 1 atom stereocenters. The fraction of sp³-hybridized carbons (Fsp3) is 0.111. The third-order valence-electron chi connectivity index (χ3n) is 5.04. The van der Waals surface area contributed by atoms with E-state index in [1.807, 2.05) is 91.0 Å². The van der Waals surface area contributed by atoms with Gasteiger partial charge in [-0.05, 0) is 29.3 Å². The maximum Gasteiger partial charge on any atom is 0.115 e. The molecule has 3 nitrogen and oxygen atoms in total.